The molecule has 0 radical (unpaired) electrons. The normalized spacial score (nSPS) is 11.0. The molecule has 7 heteroatoms. The van der Waals surface area contributed by atoms with E-state index in [0.717, 1.165) is 12.0 Å². The summed E-state index contributed by atoms with van der Waals surface area (Å²) in [7, 11) is 1.59. The lowest BCUT2D eigenvalue weighted by Crippen LogP contribution is -2.03. The summed E-state index contributed by atoms with van der Waals surface area (Å²) < 4.78 is 11.1. The van der Waals surface area contributed by atoms with Gasteiger partial charge in [0.15, 0.2) is 11.5 Å². The molecule has 0 saturated heterocycles. The Morgan fingerprint density at radius 2 is 2.04 bits per heavy atom. The van der Waals surface area contributed by atoms with Crippen molar-refractivity contribution in [3.63, 3.8) is 0 Å². The number of halogens is 1. The van der Waals surface area contributed by atoms with Gasteiger partial charge in [0, 0.05) is 0 Å². The average Bonchev–Trinajstić information content (AvgIpc) is 2.63. The van der Waals surface area contributed by atoms with Crippen LogP contribution in [0.1, 0.15) is 36.2 Å². The van der Waals surface area contributed by atoms with Gasteiger partial charge in [-0.15, -0.1) is 0 Å². The molecule has 0 heterocycles. The molecule has 2 aromatic carbocycles. The molecule has 0 aromatic heterocycles. The fourth-order valence-corrected chi connectivity index (χ4v) is 2.43. The number of carboxylic acids is 1. The van der Waals surface area contributed by atoms with E-state index in [1.165, 1.54) is 12.1 Å². The Labute approximate surface area is 163 Å². The first-order chi connectivity index (χ1) is 12.9. The van der Waals surface area contributed by atoms with Crippen molar-refractivity contribution in [3.8, 4) is 11.5 Å². The smallest absolute Gasteiger partial charge is 0.337 e. The van der Waals surface area contributed by atoms with Gasteiger partial charge in [0.2, 0.25) is 0 Å². The van der Waals surface area contributed by atoms with Crippen LogP contribution in [0.5, 0.6) is 11.5 Å². The van der Waals surface area contributed by atoms with Crippen LogP contribution in [0, 0.1) is 5.92 Å². The molecule has 144 valence electrons. The van der Waals surface area contributed by atoms with Crippen LogP contribution >= 0.6 is 11.6 Å². The van der Waals surface area contributed by atoms with Gasteiger partial charge < -0.3 is 14.6 Å². The van der Waals surface area contributed by atoms with Gasteiger partial charge in [0.25, 0.3) is 0 Å². The number of anilines is 1. The van der Waals surface area contributed by atoms with Gasteiger partial charge in [-0.2, -0.15) is 5.10 Å². The zero-order valence-corrected chi connectivity index (χ0v) is 16.3. The summed E-state index contributed by atoms with van der Waals surface area (Å²) in [5.74, 6) is 0.794. The van der Waals surface area contributed by atoms with Gasteiger partial charge in [-0.25, -0.2) is 4.79 Å². The van der Waals surface area contributed by atoms with Gasteiger partial charge in [-0.1, -0.05) is 25.4 Å². The topological polar surface area (TPSA) is 80.2 Å². The third kappa shape index (κ3) is 6.18. The average molecular weight is 391 g/mol. The Morgan fingerprint density at radius 1 is 1.26 bits per heavy atom. The lowest BCUT2D eigenvalue weighted by atomic mass is 10.1. The number of benzene rings is 2. The molecule has 0 aliphatic heterocycles. The van der Waals surface area contributed by atoms with Crippen LogP contribution in [0.3, 0.4) is 0 Å². The zero-order valence-electron chi connectivity index (χ0n) is 15.5. The van der Waals surface area contributed by atoms with Crippen LogP contribution in [0.4, 0.5) is 5.69 Å². The fourth-order valence-electron chi connectivity index (χ4n) is 2.23. The molecular weight excluding hydrogens is 368 g/mol. The number of methoxy groups -OCH3 is 1. The van der Waals surface area contributed by atoms with E-state index in [9.17, 15) is 4.79 Å². The molecule has 0 aliphatic rings. The summed E-state index contributed by atoms with van der Waals surface area (Å²) in [4.78, 5) is 11.1. The van der Waals surface area contributed by atoms with Crippen molar-refractivity contribution in [2.75, 3.05) is 19.1 Å². The minimum absolute atomic E-state index is 0.0152. The second-order valence-electron chi connectivity index (χ2n) is 6.31. The van der Waals surface area contributed by atoms with Crippen molar-refractivity contribution < 1.29 is 19.4 Å². The van der Waals surface area contributed by atoms with E-state index in [1.807, 2.05) is 18.2 Å². The lowest BCUT2D eigenvalue weighted by molar-refractivity contribution is 0.0697. The second-order valence-corrected chi connectivity index (χ2v) is 6.72. The molecule has 6 nitrogen and oxygen atoms in total. The van der Waals surface area contributed by atoms with Crippen molar-refractivity contribution >= 4 is 29.5 Å². The quantitative estimate of drug-likeness (QED) is 0.469. The molecule has 0 aliphatic carbocycles. The van der Waals surface area contributed by atoms with E-state index in [2.05, 4.69) is 24.4 Å². The number of carbonyl (C=O) groups is 1. The van der Waals surface area contributed by atoms with Gasteiger partial charge in [0.1, 0.15) is 0 Å². The monoisotopic (exact) mass is 390 g/mol. The highest BCUT2D eigenvalue weighted by Crippen LogP contribution is 2.28. The van der Waals surface area contributed by atoms with E-state index in [4.69, 9.17) is 26.2 Å². The Hall–Kier alpha value is -2.73. The standard InChI is InChI=1S/C20H23ClN2O4/c1-13(2)8-9-27-18-7-4-14(10-19(18)26-3)12-22-23-15-5-6-17(21)16(11-15)20(24)25/h4-7,10-13,23H,8-9H2,1-3H3,(H,24,25)/b22-12+. The molecule has 2 N–H and O–H groups in total. The Morgan fingerprint density at radius 3 is 2.70 bits per heavy atom. The number of hydrogen-bond acceptors (Lipinski definition) is 5. The first-order valence-corrected chi connectivity index (χ1v) is 8.91. The van der Waals surface area contributed by atoms with E-state index < -0.39 is 5.97 Å². The van der Waals surface area contributed by atoms with Crippen LogP contribution < -0.4 is 14.9 Å². The highest BCUT2D eigenvalue weighted by Gasteiger charge is 2.09. The summed E-state index contributed by atoms with van der Waals surface area (Å²) in [6.45, 7) is 4.92. The summed E-state index contributed by atoms with van der Waals surface area (Å²) >= 11 is 5.85. The van der Waals surface area contributed by atoms with E-state index in [1.54, 1.807) is 19.4 Å². The highest BCUT2D eigenvalue weighted by atomic mass is 35.5. The maximum Gasteiger partial charge on any atom is 0.337 e. The number of rotatable bonds is 9. The molecule has 2 aromatic rings. The predicted octanol–water partition coefficient (Wildman–Crippen LogP) is 4.92. The van der Waals surface area contributed by atoms with Gasteiger partial charge >= 0.3 is 5.97 Å². The molecule has 0 bridgehead atoms. The van der Waals surface area contributed by atoms with Gasteiger partial charge in [0.05, 0.1) is 36.2 Å². The molecule has 27 heavy (non-hydrogen) atoms. The van der Waals surface area contributed by atoms with Crippen LogP contribution in [0.15, 0.2) is 41.5 Å². The van der Waals surface area contributed by atoms with Gasteiger partial charge in [-0.3, -0.25) is 5.43 Å². The Balaban J connectivity index is 2.04. The molecular formula is C20H23ClN2O4. The third-order valence-electron chi connectivity index (χ3n) is 3.74. The fraction of sp³-hybridized carbons (Fsp3) is 0.300. The first kappa shape index (κ1) is 20.6. The summed E-state index contributed by atoms with van der Waals surface area (Å²) in [5, 5.41) is 13.4. The van der Waals surface area contributed by atoms with Crippen LogP contribution in [0.2, 0.25) is 5.02 Å². The lowest BCUT2D eigenvalue weighted by Gasteiger charge is -2.12. The SMILES string of the molecule is COc1cc(/C=N/Nc2ccc(Cl)c(C(=O)O)c2)ccc1OCCC(C)C. The van der Waals surface area contributed by atoms with E-state index in [-0.39, 0.29) is 10.6 Å². The van der Waals surface area contributed by atoms with Crippen molar-refractivity contribution in [1.29, 1.82) is 0 Å². The first-order valence-electron chi connectivity index (χ1n) is 8.53. The van der Waals surface area contributed by atoms with Crippen molar-refractivity contribution in [3.05, 3.63) is 52.5 Å². The summed E-state index contributed by atoms with van der Waals surface area (Å²) in [6, 6.07) is 10.1. The Bertz CT molecular complexity index is 822. The summed E-state index contributed by atoms with van der Waals surface area (Å²) in [6.07, 6.45) is 2.57. The molecule has 0 fully saturated rings. The molecule has 0 amide bonds. The number of nitrogens with one attached hydrogen (secondary N) is 1. The van der Waals surface area contributed by atoms with Gasteiger partial charge in [-0.05, 0) is 54.3 Å². The van der Waals surface area contributed by atoms with Crippen LogP contribution in [-0.4, -0.2) is 31.0 Å². The molecule has 0 spiro atoms. The number of aromatic carboxylic acids is 1. The second kappa shape index (κ2) is 9.83. The number of nitrogens with zero attached hydrogens (tertiary/aromatic N) is 1. The zero-order chi connectivity index (χ0) is 19.8. The minimum atomic E-state index is -1.09. The number of ether oxygens (including phenoxy) is 2. The van der Waals surface area contributed by atoms with Crippen LogP contribution in [-0.2, 0) is 0 Å². The van der Waals surface area contributed by atoms with Crippen molar-refractivity contribution in [2.24, 2.45) is 11.0 Å². The van der Waals surface area contributed by atoms with E-state index in [0.29, 0.717) is 29.7 Å². The molecule has 2 rings (SSSR count). The van der Waals surface area contributed by atoms with Crippen molar-refractivity contribution in [2.45, 2.75) is 20.3 Å². The summed E-state index contributed by atoms with van der Waals surface area (Å²) in [5.41, 5.74) is 4.14. The molecule has 0 unspecified atom stereocenters. The highest BCUT2D eigenvalue weighted by molar-refractivity contribution is 6.33. The van der Waals surface area contributed by atoms with Crippen molar-refractivity contribution in [1.82, 2.24) is 0 Å². The minimum Gasteiger partial charge on any atom is -0.493 e. The predicted molar refractivity (Wildman–Crippen MR) is 108 cm³/mol. The number of carboxylic acid groups (broad SMARTS) is 1. The number of hydrogen-bond donors (Lipinski definition) is 2. The van der Waals surface area contributed by atoms with Crippen LogP contribution in [0.25, 0.3) is 0 Å². The number of hydrazone groups is 1. The third-order valence-corrected chi connectivity index (χ3v) is 4.07. The van der Waals surface area contributed by atoms with E-state index >= 15 is 0 Å². The Kier molecular flexibility index (Phi) is 7.49. The maximum absolute atomic E-state index is 11.1. The largest absolute Gasteiger partial charge is 0.493 e. The molecule has 0 atom stereocenters. The molecule has 0 saturated carbocycles. The maximum atomic E-state index is 11.1.